The molecule has 2 fully saturated rings. The van der Waals surface area contributed by atoms with Crippen LogP contribution in [0, 0.1) is 0 Å². The van der Waals surface area contributed by atoms with Crippen molar-refractivity contribution in [3.63, 3.8) is 0 Å². The van der Waals surface area contributed by atoms with Gasteiger partial charge in [0.15, 0.2) is 11.6 Å². The average molecular weight is 479 g/mol. The fourth-order valence-electron chi connectivity index (χ4n) is 5.98. The van der Waals surface area contributed by atoms with Gasteiger partial charge in [-0.3, -0.25) is 0 Å². The molecule has 2 spiro atoms. The highest BCUT2D eigenvalue weighted by atomic mass is 28.4. The molecule has 0 amide bonds. The third-order valence-corrected chi connectivity index (χ3v) is 12.7. The fourth-order valence-corrected chi connectivity index (χ4v) is 10.6. The summed E-state index contributed by atoms with van der Waals surface area (Å²) in [6.07, 6.45) is 9.94. The van der Waals surface area contributed by atoms with E-state index in [4.69, 9.17) is 18.6 Å². The van der Waals surface area contributed by atoms with E-state index in [9.17, 15) is 0 Å². The van der Waals surface area contributed by atoms with Gasteiger partial charge in [-0.15, -0.1) is 0 Å². The van der Waals surface area contributed by atoms with Crippen LogP contribution in [-0.4, -0.2) is 39.2 Å². The van der Waals surface area contributed by atoms with E-state index in [0.717, 1.165) is 45.1 Å². The van der Waals surface area contributed by atoms with Gasteiger partial charge < -0.3 is 18.6 Å². The zero-order valence-electron chi connectivity index (χ0n) is 20.8. The Morgan fingerprint density at radius 1 is 0.941 bits per heavy atom. The first-order valence-electron chi connectivity index (χ1n) is 12.8. The van der Waals surface area contributed by atoms with E-state index in [1.54, 1.807) is 0 Å². The van der Waals surface area contributed by atoms with Crippen molar-refractivity contribution >= 4 is 18.7 Å². The van der Waals surface area contributed by atoms with Crippen molar-refractivity contribution in [3.8, 4) is 0 Å². The average Bonchev–Trinajstić information content (AvgIpc) is 3.40. The monoisotopic (exact) mass is 478 g/mol. The smallest absolute Gasteiger partial charge is 0.261 e. The summed E-state index contributed by atoms with van der Waals surface area (Å²) in [6.45, 7) is 8.37. The van der Waals surface area contributed by atoms with Crippen molar-refractivity contribution in [1.82, 2.24) is 0 Å². The maximum Gasteiger partial charge on any atom is 0.261 e. The van der Waals surface area contributed by atoms with Crippen LogP contribution in [0.15, 0.2) is 72.8 Å². The number of hydrogen-bond donors (Lipinski definition) is 0. The number of ether oxygens (including phenoxy) is 3. The molecule has 3 atom stereocenters. The maximum absolute atomic E-state index is 7.07. The van der Waals surface area contributed by atoms with Crippen molar-refractivity contribution in [1.29, 1.82) is 0 Å². The predicted octanol–water partition coefficient (Wildman–Crippen LogP) is 5.31. The van der Waals surface area contributed by atoms with Gasteiger partial charge in [0.05, 0.1) is 12.7 Å². The molecule has 34 heavy (non-hydrogen) atoms. The van der Waals surface area contributed by atoms with Gasteiger partial charge in [-0.05, 0) is 40.8 Å². The molecule has 5 rings (SSSR count). The molecule has 0 N–H and O–H groups in total. The number of hydrogen-bond acceptors (Lipinski definition) is 4. The molecule has 4 nitrogen and oxygen atoms in total. The molecule has 0 radical (unpaired) electrons. The second-order valence-electron chi connectivity index (χ2n) is 10.9. The van der Waals surface area contributed by atoms with E-state index < -0.39 is 19.9 Å². The normalized spacial score (nSPS) is 29.3. The highest BCUT2D eigenvalue weighted by Gasteiger charge is 2.54. The van der Waals surface area contributed by atoms with Crippen molar-refractivity contribution in [2.75, 3.05) is 13.2 Å². The predicted molar refractivity (Wildman–Crippen MR) is 138 cm³/mol. The van der Waals surface area contributed by atoms with Crippen LogP contribution in [-0.2, 0) is 18.6 Å². The minimum atomic E-state index is -2.51. The molecule has 3 aliphatic rings. The minimum absolute atomic E-state index is 0.0148. The highest BCUT2D eigenvalue weighted by molar-refractivity contribution is 6.99. The van der Waals surface area contributed by atoms with Gasteiger partial charge in [0.25, 0.3) is 8.32 Å². The van der Waals surface area contributed by atoms with Gasteiger partial charge in [0, 0.05) is 25.9 Å². The molecule has 0 aromatic heterocycles. The van der Waals surface area contributed by atoms with E-state index >= 15 is 0 Å². The van der Waals surface area contributed by atoms with Crippen LogP contribution < -0.4 is 10.4 Å². The zero-order chi connectivity index (χ0) is 23.7. The summed E-state index contributed by atoms with van der Waals surface area (Å²) in [5.74, 6) is -1.07. The summed E-state index contributed by atoms with van der Waals surface area (Å²) in [6, 6.07) is 21.7. The third-order valence-electron chi connectivity index (χ3n) is 7.62. The Balaban J connectivity index is 1.30. The van der Waals surface area contributed by atoms with Gasteiger partial charge in [0.2, 0.25) is 0 Å². The summed E-state index contributed by atoms with van der Waals surface area (Å²) in [5, 5.41) is 2.62. The Bertz CT molecular complexity index is 947. The molecule has 5 heteroatoms. The second kappa shape index (κ2) is 9.36. The topological polar surface area (TPSA) is 36.9 Å². The summed E-state index contributed by atoms with van der Waals surface area (Å²) in [5.41, 5.74) is 0. The molecule has 2 aromatic rings. The summed E-state index contributed by atoms with van der Waals surface area (Å²) >= 11 is 0. The van der Waals surface area contributed by atoms with E-state index in [1.807, 2.05) is 0 Å². The van der Waals surface area contributed by atoms with Gasteiger partial charge in [0.1, 0.15) is 0 Å². The van der Waals surface area contributed by atoms with E-state index in [2.05, 4.69) is 93.6 Å². The Hall–Kier alpha value is -1.76. The molecule has 0 aliphatic carbocycles. The van der Waals surface area contributed by atoms with Crippen LogP contribution in [0.25, 0.3) is 0 Å². The first-order chi connectivity index (χ1) is 16.4. The molecule has 0 bridgehead atoms. The van der Waals surface area contributed by atoms with Crippen LogP contribution in [0.5, 0.6) is 0 Å². The van der Waals surface area contributed by atoms with Gasteiger partial charge >= 0.3 is 0 Å². The molecule has 3 heterocycles. The Labute approximate surface area is 205 Å². The quantitative estimate of drug-likeness (QED) is 0.416. The lowest BCUT2D eigenvalue weighted by atomic mass is 10.1. The van der Waals surface area contributed by atoms with Crippen molar-refractivity contribution in [3.05, 3.63) is 72.8 Å². The molecule has 2 aromatic carbocycles. The fraction of sp³-hybridized carbons (Fsp3) is 0.517. The number of rotatable bonds is 6. The summed E-state index contributed by atoms with van der Waals surface area (Å²) < 4.78 is 26.1. The second-order valence-corrected chi connectivity index (χ2v) is 15.2. The van der Waals surface area contributed by atoms with Crippen LogP contribution in [0.3, 0.4) is 0 Å². The molecular formula is C29H38O4Si. The molecule has 0 saturated carbocycles. The first-order valence-corrected chi connectivity index (χ1v) is 14.7. The van der Waals surface area contributed by atoms with Crippen LogP contribution in [0.2, 0.25) is 5.04 Å². The molecular weight excluding hydrogens is 440 g/mol. The van der Waals surface area contributed by atoms with Crippen LogP contribution in [0.4, 0.5) is 0 Å². The van der Waals surface area contributed by atoms with Gasteiger partial charge in [-0.25, -0.2) is 0 Å². The Kier molecular flexibility index (Phi) is 6.59. The Morgan fingerprint density at radius 3 is 2.21 bits per heavy atom. The lowest BCUT2D eigenvalue weighted by molar-refractivity contribution is -0.297. The largest absolute Gasteiger partial charge is 0.407 e. The molecule has 3 aliphatic heterocycles. The maximum atomic E-state index is 7.07. The highest BCUT2D eigenvalue weighted by Crippen LogP contribution is 2.48. The lowest BCUT2D eigenvalue weighted by Crippen LogP contribution is -2.66. The lowest BCUT2D eigenvalue weighted by Gasteiger charge is -2.43. The van der Waals surface area contributed by atoms with Crippen LogP contribution >= 0.6 is 0 Å². The van der Waals surface area contributed by atoms with Gasteiger partial charge in [-0.1, -0.05) is 87.5 Å². The SMILES string of the molecule is CC(C)(C)[Si](OCCC1CCC2(CCC3(C=CCCO3)O2)O1)(c1ccccc1)c1ccccc1. The third kappa shape index (κ3) is 4.45. The summed E-state index contributed by atoms with van der Waals surface area (Å²) in [4.78, 5) is 0. The van der Waals surface area contributed by atoms with E-state index in [-0.39, 0.29) is 11.1 Å². The molecule has 2 saturated heterocycles. The van der Waals surface area contributed by atoms with Crippen molar-refractivity contribution in [2.45, 2.75) is 82.0 Å². The standard InChI is InChI=1S/C29H38O4Si/c1-27(2,3)34(25-12-6-4-7-13-25,26-14-8-5-9-15-26)31-23-17-24-16-19-29(32-24)21-20-28(33-29)18-10-11-22-30-28/h4-10,12-15,18,24H,11,16-17,19-23H2,1-3H3. The van der Waals surface area contributed by atoms with Crippen molar-refractivity contribution < 1.29 is 18.6 Å². The summed E-state index contributed by atoms with van der Waals surface area (Å²) in [7, 11) is -2.51. The number of benzene rings is 2. The van der Waals surface area contributed by atoms with Crippen molar-refractivity contribution in [2.24, 2.45) is 0 Å². The van der Waals surface area contributed by atoms with Gasteiger partial charge in [-0.2, -0.15) is 0 Å². The molecule has 182 valence electrons. The van der Waals surface area contributed by atoms with E-state index in [0.29, 0.717) is 6.61 Å². The first kappa shape index (κ1) is 24.0. The van der Waals surface area contributed by atoms with E-state index in [1.165, 1.54) is 10.4 Å². The minimum Gasteiger partial charge on any atom is -0.407 e. The Morgan fingerprint density at radius 2 is 1.62 bits per heavy atom. The zero-order valence-corrected chi connectivity index (χ0v) is 21.8. The molecule has 3 unspecified atom stereocenters. The van der Waals surface area contributed by atoms with Crippen LogP contribution in [0.1, 0.15) is 59.3 Å².